The highest BCUT2D eigenvalue weighted by molar-refractivity contribution is 5.73. The summed E-state index contributed by atoms with van der Waals surface area (Å²) in [6.45, 7) is 6.00. The van der Waals surface area contributed by atoms with Crippen molar-refractivity contribution in [1.82, 2.24) is 10.6 Å². The summed E-state index contributed by atoms with van der Waals surface area (Å²) in [5.74, 6) is 0.0861. The maximum atomic E-state index is 13.0. The molecule has 1 rings (SSSR count). The minimum absolute atomic E-state index is 0.0269. The lowest BCUT2D eigenvalue weighted by Gasteiger charge is -2.13. The van der Waals surface area contributed by atoms with E-state index in [0.717, 1.165) is 6.42 Å². The van der Waals surface area contributed by atoms with Crippen LogP contribution >= 0.6 is 0 Å². The molecular formula is C16H25FN2O3. The minimum atomic E-state index is -0.934. The van der Waals surface area contributed by atoms with E-state index < -0.39 is 11.9 Å². The lowest BCUT2D eigenvalue weighted by atomic mass is 10.1. The molecule has 22 heavy (non-hydrogen) atoms. The molecule has 0 unspecified atom stereocenters. The number of ether oxygens (including phenoxy) is 1. The normalized spacial score (nSPS) is 12.2. The summed E-state index contributed by atoms with van der Waals surface area (Å²) in [5, 5.41) is 15.1. The molecule has 0 saturated heterocycles. The van der Waals surface area contributed by atoms with Crippen molar-refractivity contribution in [3.63, 3.8) is 0 Å². The molecule has 0 aliphatic heterocycles. The number of carbonyl (C=O) groups excluding carboxylic acids is 1. The Balaban J connectivity index is 2.12. The van der Waals surface area contributed by atoms with Crippen LogP contribution in [0, 0.1) is 11.7 Å². The van der Waals surface area contributed by atoms with Gasteiger partial charge in [0, 0.05) is 26.3 Å². The van der Waals surface area contributed by atoms with Crippen LogP contribution in [0.1, 0.15) is 31.9 Å². The Morgan fingerprint density at radius 1 is 1.36 bits per heavy atom. The van der Waals surface area contributed by atoms with E-state index in [4.69, 9.17) is 4.74 Å². The Bertz CT molecular complexity index is 455. The van der Waals surface area contributed by atoms with Crippen LogP contribution in [0.25, 0.3) is 0 Å². The molecular weight excluding hydrogens is 287 g/mol. The van der Waals surface area contributed by atoms with Crippen LogP contribution in [-0.2, 0) is 4.74 Å². The van der Waals surface area contributed by atoms with Gasteiger partial charge in [-0.2, -0.15) is 0 Å². The molecule has 6 heteroatoms. The van der Waals surface area contributed by atoms with Crippen LogP contribution in [0.5, 0.6) is 0 Å². The molecule has 0 aliphatic carbocycles. The molecule has 1 aromatic rings. The molecule has 0 radical (unpaired) electrons. The van der Waals surface area contributed by atoms with Gasteiger partial charge in [-0.05, 0) is 30.0 Å². The quantitative estimate of drug-likeness (QED) is 0.612. The van der Waals surface area contributed by atoms with Crippen LogP contribution in [-0.4, -0.2) is 37.4 Å². The first-order chi connectivity index (χ1) is 10.5. The molecule has 124 valence electrons. The van der Waals surface area contributed by atoms with Gasteiger partial charge in [-0.3, -0.25) is 0 Å². The number of rotatable bonds is 9. The molecule has 5 nitrogen and oxygen atoms in total. The van der Waals surface area contributed by atoms with Gasteiger partial charge in [-0.1, -0.05) is 26.0 Å². The molecule has 0 saturated carbocycles. The predicted octanol–water partition coefficient (Wildman–Crippen LogP) is 2.22. The SMILES string of the molecule is CC(C)COCCCNC(=O)NC[C@H](O)c1cccc(F)c1. The Morgan fingerprint density at radius 3 is 2.82 bits per heavy atom. The summed E-state index contributed by atoms with van der Waals surface area (Å²) < 4.78 is 18.4. The van der Waals surface area contributed by atoms with Gasteiger partial charge >= 0.3 is 6.03 Å². The van der Waals surface area contributed by atoms with Crippen molar-refractivity contribution in [2.45, 2.75) is 26.4 Å². The molecule has 0 spiro atoms. The number of nitrogens with one attached hydrogen (secondary N) is 2. The Labute approximate surface area is 130 Å². The molecule has 0 aromatic heterocycles. The molecule has 0 heterocycles. The van der Waals surface area contributed by atoms with Crippen LogP contribution < -0.4 is 10.6 Å². The fraction of sp³-hybridized carbons (Fsp3) is 0.562. The summed E-state index contributed by atoms with van der Waals surface area (Å²) in [6, 6.07) is 5.32. The van der Waals surface area contributed by atoms with Gasteiger partial charge < -0.3 is 20.5 Å². The maximum absolute atomic E-state index is 13.0. The number of aliphatic hydroxyl groups is 1. The second kappa shape index (κ2) is 10.1. The zero-order chi connectivity index (χ0) is 16.4. The second-order valence-electron chi connectivity index (χ2n) is 5.53. The molecule has 0 bridgehead atoms. The lowest BCUT2D eigenvalue weighted by molar-refractivity contribution is 0.108. The van der Waals surface area contributed by atoms with Crippen LogP contribution in [0.3, 0.4) is 0 Å². The summed E-state index contributed by atoms with van der Waals surface area (Å²) >= 11 is 0. The standard InChI is InChI=1S/C16H25FN2O3/c1-12(2)11-22-8-4-7-18-16(21)19-10-15(20)13-5-3-6-14(17)9-13/h3,5-6,9,12,15,20H,4,7-8,10-11H2,1-2H3,(H2,18,19,21)/t15-/m0/s1. The van der Waals surface area contributed by atoms with Crippen molar-refractivity contribution in [3.05, 3.63) is 35.6 Å². The fourth-order valence-electron chi connectivity index (χ4n) is 1.78. The molecule has 1 aromatic carbocycles. The molecule has 0 fully saturated rings. The predicted molar refractivity (Wildman–Crippen MR) is 83.0 cm³/mol. The fourth-order valence-corrected chi connectivity index (χ4v) is 1.78. The highest BCUT2D eigenvalue weighted by Crippen LogP contribution is 2.12. The first-order valence-electron chi connectivity index (χ1n) is 7.52. The average molecular weight is 312 g/mol. The van der Waals surface area contributed by atoms with Gasteiger partial charge in [0.1, 0.15) is 5.82 Å². The second-order valence-corrected chi connectivity index (χ2v) is 5.53. The monoisotopic (exact) mass is 312 g/mol. The van der Waals surface area contributed by atoms with E-state index in [1.165, 1.54) is 18.2 Å². The molecule has 3 N–H and O–H groups in total. The van der Waals surface area contributed by atoms with E-state index in [2.05, 4.69) is 24.5 Å². The molecule has 1 atom stereocenters. The Hall–Kier alpha value is -1.66. The summed E-state index contributed by atoms with van der Waals surface area (Å²) in [6.07, 6.45) is -0.206. The van der Waals surface area contributed by atoms with Crippen molar-refractivity contribution in [1.29, 1.82) is 0 Å². The Morgan fingerprint density at radius 2 is 2.14 bits per heavy atom. The van der Waals surface area contributed by atoms with Crippen LogP contribution in [0.4, 0.5) is 9.18 Å². The van der Waals surface area contributed by atoms with E-state index >= 15 is 0 Å². The first kappa shape index (κ1) is 18.4. The highest BCUT2D eigenvalue weighted by atomic mass is 19.1. The number of halogens is 1. The van der Waals surface area contributed by atoms with Gasteiger partial charge in [-0.25, -0.2) is 9.18 Å². The summed E-state index contributed by atoms with van der Waals surface area (Å²) in [4.78, 5) is 11.5. The number of benzene rings is 1. The largest absolute Gasteiger partial charge is 0.387 e. The number of hydrogen-bond donors (Lipinski definition) is 3. The van der Waals surface area contributed by atoms with E-state index in [9.17, 15) is 14.3 Å². The number of urea groups is 1. The average Bonchev–Trinajstić information content (AvgIpc) is 2.48. The first-order valence-corrected chi connectivity index (χ1v) is 7.52. The van der Waals surface area contributed by atoms with Crippen molar-refractivity contribution >= 4 is 6.03 Å². The van der Waals surface area contributed by atoms with Crippen molar-refractivity contribution < 1.29 is 19.0 Å². The Kier molecular flexibility index (Phi) is 8.47. The van der Waals surface area contributed by atoms with E-state index in [-0.39, 0.29) is 12.6 Å². The van der Waals surface area contributed by atoms with Crippen molar-refractivity contribution in [3.8, 4) is 0 Å². The van der Waals surface area contributed by atoms with Gasteiger partial charge in [-0.15, -0.1) is 0 Å². The third-order valence-corrected chi connectivity index (χ3v) is 2.89. The van der Waals surface area contributed by atoms with Crippen LogP contribution in [0.2, 0.25) is 0 Å². The number of aliphatic hydroxyl groups excluding tert-OH is 1. The van der Waals surface area contributed by atoms with Gasteiger partial charge in [0.05, 0.1) is 6.10 Å². The smallest absolute Gasteiger partial charge is 0.314 e. The van der Waals surface area contributed by atoms with E-state index in [1.807, 2.05) is 0 Å². The van der Waals surface area contributed by atoms with Gasteiger partial charge in [0.25, 0.3) is 0 Å². The van der Waals surface area contributed by atoms with Crippen LogP contribution in [0.15, 0.2) is 24.3 Å². The maximum Gasteiger partial charge on any atom is 0.314 e. The number of hydrogen-bond acceptors (Lipinski definition) is 3. The summed E-state index contributed by atoms with van der Waals surface area (Å²) in [7, 11) is 0. The van der Waals surface area contributed by atoms with Crippen molar-refractivity contribution in [2.24, 2.45) is 5.92 Å². The van der Waals surface area contributed by atoms with Gasteiger partial charge in [0.15, 0.2) is 0 Å². The third-order valence-electron chi connectivity index (χ3n) is 2.89. The topological polar surface area (TPSA) is 70.6 Å². The molecule has 0 aliphatic rings. The lowest BCUT2D eigenvalue weighted by Crippen LogP contribution is -2.38. The van der Waals surface area contributed by atoms with E-state index in [0.29, 0.717) is 31.2 Å². The highest BCUT2D eigenvalue weighted by Gasteiger charge is 2.09. The third kappa shape index (κ3) is 7.95. The van der Waals surface area contributed by atoms with E-state index in [1.54, 1.807) is 6.07 Å². The zero-order valence-electron chi connectivity index (χ0n) is 13.1. The number of carbonyl (C=O) groups is 1. The molecule has 2 amide bonds. The number of amides is 2. The zero-order valence-corrected chi connectivity index (χ0v) is 13.1. The minimum Gasteiger partial charge on any atom is -0.387 e. The summed E-state index contributed by atoms with van der Waals surface area (Å²) in [5.41, 5.74) is 0.433. The van der Waals surface area contributed by atoms with Gasteiger partial charge in [0.2, 0.25) is 0 Å². The van der Waals surface area contributed by atoms with Crippen molar-refractivity contribution in [2.75, 3.05) is 26.3 Å².